The zero-order chi connectivity index (χ0) is 33.3. The number of alkyl halides is 1. The number of aliphatic hydroxyl groups is 1. The fourth-order valence-corrected chi connectivity index (χ4v) is 8.81. The van der Waals surface area contributed by atoms with Gasteiger partial charge in [-0.2, -0.15) is 9.97 Å². The highest BCUT2D eigenvalue weighted by Gasteiger charge is 2.54. The molecule has 0 radical (unpaired) electrons. The van der Waals surface area contributed by atoms with Crippen LogP contribution in [0.1, 0.15) is 64.9 Å². The number of phenols is 1. The van der Waals surface area contributed by atoms with Gasteiger partial charge in [-0.3, -0.25) is 9.88 Å². The number of piperidine rings is 2. The Morgan fingerprint density at radius 3 is 2.66 bits per heavy atom. The Balaban J connectivity index is 1.37. The summed E-state index contributed by atoms with van der Waals surface area (Å²) in [6.07, 6.45) is 6.24. The van der Waals surface area contributed by atoms with E-state index in [1.807, 2.05) is 18.9 Å². The highest BCUT2D eigenvalue weighted by molar-refractivity contribution is 6.01. The van der Waals surface area contributed by atoms with Crippen molar-refractivity contribution in [2.75, 3.05) is 38.2 Å². The highest BCUT2D eigenvalue weighted by Crippen LogP contribution is 2.51. The number of rotatable bonds is 6. The summed E-state index contributed by atoms with van der Waals surface area (Å²) >= 11 is 0. The van der Waals surface area contributed by atoms with Crippen molar-refractivity contribution in [2.45, 2.75) is 83.0 Å². The lowest BCUT2D eigenvalue weighted by molar-refractivity contribution is -0.0648. The molecule has 4 atom stereocenters. The van der Waals surface area contributed by atoms with Crippen LogP contribution in [0.4, 0.5) is 19.0 Å². The minimum absolute atomic E-state index is 0.0383. The lowest BCUT2D eigenvalue weighted by Gasteiger charge is -2.49. The number of nitrogens with zero attached hydrogens (tertiary/aromatic N) is 5. The number of benzene rings is 2. The van der Waals surface area contributed by atoms with Crippen LogP contribution in [0.3, 0.4) is 0 Å². The molecular formula is C36H42F3N5O3. The van der Waals surface area contributed by atoms with Crippen molar-refractivity contribution in [3.05, 3.63) is 47.7 Å². The number of pyridine rings is 1. The van der Waals surface area contributed by atoms with Gasteiger partial charge >= 0.3 is 6.01 Å². The molecule has 3 aliphatic rings. The van der Waals surface area contributed by atoms with Crippen molar-refractivity contribution in [3.8, 4) is 23.0 Å². The molecule has 3 fully saturated rings. The fraction of sp³-hybridized carbons (Fsp3) is 0.528. The van der Waals surface area contributed by atoms with Crippen LogP contribution in [-0.4, -0.2) is 80.7 Å². The summed E-state index contributed by atoms with van der Waals surface area (Å²) < 4.78 is 53.7. The first-order chi connectivity index (χ1) is 22.3. The van der Waals surface area contributed by atoms with Gasteiger partial charge in [-0.1, -0.05) is 19.4 Å². The molecule has 250 valence electrons. The van der Waals surface area contributed by atoms with Crippen LogP contribution in [0.5, 0.6) is 11.8 Å². The average Bonchev–Trinajstić information content (AvgIpc) is 3.43. The van der Waals surface area contributed by atoms with E-state index in [-0.39, 0.29) is 47.7 Å². The second-order valence-electron chi connectivity index (χ2n) is 14.6. The summed E-state index contributed by atoms with van der Waals surface area (Å²) in [6, 6.07) is 5.93. The number of fused-ring (bicyclic) bond motifs is 3. The van der Waals surface area contributed by atoms with E-state index >= 15 is 8.78 Å². The van der Waals surface area contributed by atoms with Crippen LogP contribution in [-0.2, 0) is 6.42 Å². The predicted molar refractivity (Wildman–Crippen MR) is 176 cm³/mol. The van der Waals surface area contributed by atoms with E-state index in [0.29, 0.717) is 66.3 Å². The Bertz CT molecular complexity index is 1870. The van der Waals surface area contributed by atoms with Crippen molar-refractivity contribution in [3.63, 3.8) is 0 Å². The molecule has 0 bridgehead atoms. The molecule has 11 heteroatoms. The van der Waals surface area contributed by atoms with E-state index < -0.39 is 28.3 Å². The van der Waals surface area contributed by atoms with E-state index in [9.17, 15) is 14.6 Å². The SMILES string of the molecule is CCc1c(F)ccc2cc(O)cc(-c3ncc4c(N5CCC[C@@](C)(O)C5)nc(OC[C@]56CCCC5N(C)CC(C)(F)C6)nc4c3F)c12. The summed E-state index contributed by atoms with van der Waals surface area (Å²) in [5.41, 5.74) is -2.27. The Labute approximate surface area is 272 Å². The molecule has 2 N–H and O–H groups in total. The van der Waals surface area contributed by atoms with Crippen molar-refractivity contribution < 1.29 is 28.1 Å². The number of aromatic hydroxyl groups is 1. The van der Waals surface area contributed by atoms with Gasteiger partial charge in [-0.15, -0.1) is 0 Å². The van der Waals surface area contributed by atoms with Crippen LogP contribution in [0.25, 0.3) is 32.9 Å². The first-order valence-corrected chi connectivity index (χ1v) is 16.6. The second-order valence-corrected chi connectivity index (χ2v) is 14.6. The smallest absolute Gasteiger partial charge is 0.319 e. The minimum atomic E-state index is -1.37. The van der Waals surface area contributed by atoms with Gasteiger partial charge in [0.15, 0.2) is 5.82 Å². The van der Waals surface area contributed by atoms with Gasteiger partial charge in [0.1, 0.15) is 34.3 Å². The number of aryl methyl sites for hydroxylation is 1. The van der Waals surface area contributed by atoms with E-state index in [2.05, 4.69) is 14.9 Å². The maximum absolute atomic E-state index is 16.9. The summed E-state index contributed by atoms with van der Waals surface area (Å²) in [6.45, 7) is 6.62. The van der Waals surface area contributed by atoms with Crippen molar-refractivity contribution >= 4 is 27.5 Å². The minimum Gasteiger partial charge on any atom is -0.508 e. The maximum atomic E-state index is 16.9. The van der Waals surface area contributed by atoms with Crippen molar-refractivity contribution in [2.24, 2.45) is 5.41 Å². The van der Waals surface area contributed by atoms with Crippen LogP contribution in [0, 0.1) is 17.0 Å². The topological polar surface area (TPSA) is 94.8 Å². The Hall–Kier alpha value is -3.70. The number of hydrogen-bond acceptors (Lipinski definition) is 8. The van der Waals surface area contributed by atoms with E-state index in [1.165, 1.54) is 24.4 Å². The second kappa shape index (κ2) is 11.5. The molecule has 2 unspecified atom stereocenters. The Morgan fingerprint density at radius 2 is 1.89 bits per heavy atom. The summed E-state index contributed by atoms with van der Waals surface area (Å²) in [7, 11) is 1.96. The fourth-order valence-electron chi connectivity index (χ4n) is 8.81. The number of anilines is 1. The lowest BCUT2D eigenvalue weighted by atomic mass is 9.71. The van der Waals surface area contributed by atoms with Gasteiger partial charge in [0.05, 0.1) is 17.6 Å². The van der Waals surface area contributed by atoms with Gasteiger partial charge < -0.3 is 19.8 Å². The van der Waals surface area contributed by atoms with Crippen molar-refractivity contribution in [1.82, 2.24) is 19.9 Å². The number of likely N-dealkylation sites (tertiary alicyclic amines) is 1. The largest absolute Gasteiger partial charge is 0.508 e. The molecule has 0 amide bonds. The molecule has 7 rings (SSSR count). The third kappa shape index (κ3) is 5.65. The van der Waals surface area contributed by atoms with Crippen LogP contribution < -0.4 is 9.64 Å². The van der Waals surface area contributed by atoms with Crippen LogP contribution >= 0.6 is 0 Å². The number of ether oxygens (including phenoxy) is 1. The normalized spacial score (nSPS) is 28.3. The molecule has 4 aromatic rings. The molecule has 0 spiro atoms. The molecule has 1 aliphatic carbocycles. The molecular weight excluding hydrogens is 607 g/mol. The number of halogens is 3. The predicted octanol–water partition coefficient (Wildman–Crippen LogP) is 6.72. The Kier molecular flexibility index (Phi) is 7.78. The quantitative estimate of drug-likeness (QED) is 0.238. The monoisotopic (exact) mass is 649 g/mol. The molecule has 2 aromatic carbocycles. The van der Waals surface area contributed by atoms with Crippen molar-refractivity contribution in [1.29, 1.82) is 0 Å². The van der Waals surface area contributed by atoms with E-state index in [0.717, 1.165) is 19.3 Å². The standard InChI is InChI=1S/C36H42F3N5O3/c1-5-23-26(37)10-9-21-14-22(45)15-24(28(21)23)30-29(38)31-25(16-40-30)32(44-13-7-11-35(3,46)19-44)42-33(41-31)47-20-36-12-6-8-27(36)43(4)18-34(2,39)17-36/h9-10,14-16,27,45-46H,5-8,11-13,17-20H2,1-4H3/t27?,34?,35-,36-/m1/s1. The van der Waals surface area contributed by atoms with E-state index in [1.54, 1.807) is 19.9 Å². The maximum Gasteiger partial charge on any atom is 0.319 e. The molecule has 8 nitrogen and oxygen atoms in total. The molecule has 47 heavy (non-hydrogen) atoms. The van der Waals surface area contributed by atoms with Gasteiger partial charge in [0, 0.05) is 42.9 Å². The van der Waals surface area contributed by atoms with Gasteiger partial charge in [-0.05, 0) is 94.0 Å². The van der Waals surface area contributed by atoms with Crippen LogP contribution in [0.15, 0.2) is 30.5 Å². The van der Waals surface area contributed by atoms with Gasteiger partial charge in [-0.25, -0.2) is 13.2 Å². The molecule has 4 heterocycles. The number of hydrogen-bond donors (Lipinski definition) is 2. The number of β-amino-alcohol motifs (C(OH)–C–C–N with tert-alkyl or cyclic N) is 1. The summed E-state index contributed by atoms with van der Waals surface area (Å²) in [4.78, 5) is 17.9. The molecule has 1 saturated carbocycles. The van der Waals surface area contributed by atoms with E-state index in [4.69, 9.17) is 9.72 Å². The third-order valence-corrected chi connectivity index (χ3v) is 10.6. The zero-order valence-electron chi connectivity index (χ0n) is 27.4. The molecule has 2 aliphatic heterocycles. The summed E-state index contributed by atoms with van der Waals surface area (Å²) in [5, 5.41) is 22.9. The molecule has 2 saturated heterocycles. The lowest BCUT2D eigenvalue weighted by Crippen LogP contribution is -2.58. The molecule has 2 aromatic heterocycles. The average molecular weight is 650 g/mol. The first-order valence-electron chi connectivity index (χ1n) is 16.6. The Morgan fingerprint density at radius 1 is 1.09 bits per heavy atom. The zero-order valence-corrected chi connectivity index (χ0v) is 27.4. The van der Waals surface area contributed by atoms with Gasteiger partial charge in [0.25, 0.3) is 0 Å². The number of aromatic nitrogens is 3. The van der Waals surface area contributed by atoms with Crippen LogP contribution in [0.2, 0.25) is 0 Å². The number of phenolic OH excluding ortho intramolecular Hbond substituents is 1. The first kappa shape index (κ1) is 31.9. The highest BCUT2D eigenvalue weighted by atomic mass is 19.1. The third-order valence-electron chi connectivity index (χ3n) is 10.6. The summed E-state index contributed by atoms with van der Waals surface area (Å²) in [5.74, 6) is -0.898. The van der Waals surface area contributed by atoms with Gasteiger partial charge in [0.2, 0.25) is 0 Å².